The van der Waals surface area contributed by atoms with Crippen LogP contribution in [0.3, 0.4) is 0 Å². The predicted molar refractivity (Wildman–Crippen MR) is 87.9 cm³/mol. The van der Waals surface area contributed by atoms with Crippen molar-refractivity contribution in [3.05, 3.63) is 23.8 Å². The Hall–Kier alpha value is -1.55. The van der Waals surface area contributed by atoms with Crippen molar-refractivity contribution in [1.29, 1.82) is 0 Å². The van der Waals surface area contributed by atoms with Gasteiger partial charge in [-0.05, 0) is 36.8 Å². The quantitative estimate of drug-likeness (QED) is 0.572. The number of benzene rings is 1. The first-order valence-electron chi connectivity index (χ1n) is 8.11. The Morgan fingerprint density at radius 1 is 1.27 bits per heavy atom. The fourth-order valence-corrected chi connectivity index (χ4v) is 3.38. The number of aldehydes is 1. The molecule has 0 unspecified atom stereocenters. The van der Waals surface area contributed by atoms with Crippen LogP contribution in [0.25, 0.3) is 0 Å². The number of nitrogens with zero attached hydrogens (tertiary/aromatic N) is 1. The second-order valence-electron chi connectivity index (χ2n) is 6.40. The van der Waals surface area contributed by atoms with Crippen LogP contribution in [0.1, 0.15) is 37.0 Å². The monoisotopic (exact) mass is 305 g/mol. The van der Waals surface area contributed by atoms with Crippen molar-refractivity contribution < 1.29 is 14.3 Å². The zero-order valence-corrected chi connectivity index (χ0v) is 13.9. The molecule has 0 N–H and O–H groups in total. The van der Waals surface area contributed by atoms with Crippen molar-refractivity contribution in [2.45, 2.75) is 26.7 Å². The molecule has 122 valence electrons. The van der Waals surface area contributed by atoms with Gasteiger partial charge in [0.15, 0.2) is 17.8 Å². The van der Waals surface area contributed by atoms with Gasteiger partial charge in [0, 0.05) is 19.6 Å². The lowest BCUT2D eigenvalue weighted by atomic mass is 9.92. The number of rotatable bonds is 7. The van der Waals surface area contributed by atoms with E-state index in [0.29, 0.717) is 23.7 Å². The Morgan fingerprint density at radius 2 is 2.00 bits per heavy atom. The van der Waals surface area contributed by atoms with Gasteiger partial charge in [0.1, 0.15) is 0 Å². The number of hydrogen-bond donors (Lipinski definition) is 0. The molecule has 1 heterocycles. The maximum atomic E-state index is 11.1. The maximum Gasteiger partial charge on any atom is 0.171 e. The lowest BCUT2D eigenvalue weighted by Gasteiger charge is -2.34. The summed E-state index contributed by atoms with van der Waals surface area (Å²) in [7, 11) is 1.59. The van der Waals surface area contributed by atoms with Gasteiger partial charge in [-0.2, -0.15) is 0 Å². The maximum absolute atomic E-state index is 11.1. The molecule has 0 spiro atoms. The summed E-state index contributed by atoms with van der Waals surface area (Å²) in [4.78, 5) is 13.6. The Kier molecular flexibility index (Phi) is 6.25. The van der Waals surface area contributed by atoms with E-state index < -0.39 is 0 Å². The lowest BCUT2D eigenvalue weighted by molar-refractivity contribution is 0.111. The zero-order valence-electron chi connectivity index (χ0n) is 13.9. The summed E-state index contributed by atoms with van der Waals surface area (Å²) >= 11 is 0. The molecular formula is C18H27NO3. The molecule has 0 aliphatic carbocycles. The van der Waals surface area contributed by atoms with Gasteiger partial charge in [0.2, 0.25) is 0 Å². The van der Waals surface area contributed by atoms with Gasteiger partial charge >= 0.3 is 0 Å². The molecule has 4 nitrogen and oxygen atoms in total. The first kappa shape index (κ1) is 16.8. The first-order chi connectivity index (χ1) is 10.6. The molecule has 0 bridgehead atoms. The minimum atomic E-state index is 0.541. The Morgan fingerprint density at radius 3 is 2.64 bits per heavy atom. The second-order valence-corrected chi connectivity index (χ2v) is 6.40. The van der Waals surface area contributed by atoms with E-state index in [9.17, 15) is 4.79 Å². The second kappa shape index (κ2) is 8.18. The van der Waals surface area contributed by atoms with Gasteiger partial charge in [-0.1, -0.05) is 19.9 Å². The number of likely N-dealkylation sites (tertiary alicyclic amines) is 1. The van der Waals surface area contributed by atoms with E-state index in [2.05, 4.69) is 18.7 Å². The molecule has 0 saturated carbocycles. The van der Waals surface area contributed by atoms with Crippen LogP contribution >= 0.6 is 0 Å². The van der Waals surface area contributed by atoms with Crippen molar-refractivity contribution >= 4 is 6.29 Å². The predicted octanol–water partition coefficient (Wildman–Crippen LogP) is 3.25. The number of piperidine rings is 1. The molecule has 0 radical (unpaired) electrons. The average molecular weight is 305 g/mol. The van der Waals surface area contributed by atoms with Gasteiger partial charge in [0.25, 0.3) is 0 Å². The number of hydrogen-bond acceptors (Lipinski definition) is 4. The van der Waals surface area contributed by atoms with Crippen LogP contribution in [0.2, 0.25) is 0 Å². The van der Waals surface area contributed by atoms with E-state index in [1.165, 1.54) is 19.5 Å². The molecule has 2 rings (SSSR count). The highest BCUT2D eigenvalue weighted by molar-refractivity contribution is 5.81. The Bertz CT molecular complexity index is 479. The van der Waals surface area contributed by atoms with Crippen molar-refractivity contribution in [3.63, 3.8) is 0 Å². The van der Waals surface area contributed by atoms with Gasteiger partial charge in [0.05, 0.1) is 19.3 Å². The minimum absolute atomic E-state index is 0.541. The smallest absolute Gasteiger partial charge is 0.171 e. The number of carbonyl (C=O) groups excluding carboxylic acids is 1. The van der Waals surface area contributed by atoms with Crippen LogP contribution in [-0.2, 0) is 0 Å². The molecule has 0 aromatic heterocycles. The summed E-state index contributed by atoms with van der Waals surface area (Å²) in [6.45, 7) is 8.65. The van der Waals surface area contributed by atoms with E-state index in [1.54, 1.807) is 19.2 Å². The molecule has 1 fully saturated rings. The molecule has 4 heteroatoms. The topological polar surface area (TPSA) is 38.8 Å². The normalized spacial score (nSPS) is 22.3. The van der Waals surface area contributed by atoms with E-state index in [4.69, 9.17) is 9.47 Å². The standard InChI is InChI=1S/C18H27NO3/c1-14-10-15(2)12-19(11-14)8-5-9-22-18-16(13-20)6-4-7-17(18)21-3/h4,6-7,13-15H,5,8-12H2,1-3H3/t14-,15+. The lowest BCUT2D eigenvalue weighted by Crippen LogP contribution is -2.39. The third-order valence-corrected chi connectivity index (χ3v) is 4.17. The number of methoxy groups -OCH3 is 1. The van der Waals surface area contributed by atoms with Crippen molar-refractivity contribution in [2.75, 3.05) is 33.4 Å². The van der Waals surface area contributed by atoms with Gasteiger partial charge < -0.3 is 14.4 Å². The highest BCUT2D eigenvalue weighted by Gasteiger charge is 2.21. The summed E-state index contributed by atoms with van der Waals surface area (Å²) in [5.74, 6) is 2.73. The highest BCUT2D eigenvalue weighted by atomic mass is 16.5. The highest BCUT2D eigenvalue weighted by Crippen LogP contribution is 2.30. The molecule has 1 aromatic rings. The van der Waals surface area contributed by atoms with E-state index in [-0.39, 0.29) is 0 Å². The fraction of sp³-hybridized carbons (Fsp3) is 0.611. The largest absolute Gasteiger partial charge is 0.493 e. The molecular weight excluding hydrogens is 278 g/mol. The molecule has 2 atom stereocenters. The van der Waals surface area contributed by atoms with Crippen LogP contribution in [-0.4, -0.2) is 44.5 Å². The minimum Gasteiger partial charge on any atom is -0.493 e. The summed E-state index contributed by atoms with van der Waals surface area (Å²) in [6, 6.07) is 5.36. The van der Waals surface area contributed by atoms with E-state index in [0.717, 1.165) is 31.1 Å². The molecule has 1 aliphatic heterocycles. The molecule has 1 aromatic carbocycles. The number of ether oxygens (including phenoxy) is 2. The van der Waals surface area contributed by atoms with Crippen molar-refractivity contribution in [3.8, 4) is 11.5 Å². The van der Waals surface area contributed by atoms with Crippen LogP contribution in [0.15, 0.2) is 18.2 Å². The molecule has 1 saturated heterocycles. The molecule has 0 amide bonds. The van der Waals surface area contributed by atoms with Gasteiger partial charge in [-0.15, -0.1) is 0 Å². The zero-order chi connectivity index (χ0) is 15.9. The van der Waals surface area contributed by atoms with E-state index in [1.807, 2.05) is 6.07 Å². The fourth-order valence-electron chi connectivity index (χ4n) is 3.38. The van der Waals surface area contributed by atoms with Crippen molar-refractivity contribution in [1.82, 2.24) is 4.90 Å². The summed E-state index contributed by atoms with van der Waals surface area (Å²) in [6.07, 6.45) is 3.10. The Labute approximate surface area is 133 Å². The average Bonchev–Trinajstić information content (AvgIpc) is 2.50. The van der Waals surface area contributed by atoms with Crippen LogP contribution in [0.5, 0.6) is 11.5 Å². The van der Waals surface area contributed by atoms with Crippen LogP contribution in [0.4, 0.5) is 0 Å². The molecule has 1 aliphatic rings. The van der Waals surface area contributed by atoms with Gasteiger partial charge in [-0.25, -0.2) is 0 Å². The van der Waals surface area contributed by atoms with Gasteiger partial charge in [-0.3, -0.25) is 4.79 Å². The summed E-state index contributed by atoms with van der Waals surface area (Å²) < 4.78 is 11.1. The SMILES string of the molecule is COc1cccc(C=O)c1OCCCN1C[C@H](C)C[C@H](C)C1. The third kappa shape index (κ3) is 4.47. The number of carbonyl (C=O) groups is 1. The molecule has 22 heavy (non-hydrogen) atoms. The third-order valence-electron chi connectivity index (χ3n) is 4.17. The van der Waals surface area contributed by atoms with E-state index >= 15 is 0 Å². The Balaban J connectivity index is 1.83. The van der Waals surface area contributed by atoms with Crippen LogP contribution in [0, 0.1) is 11.8 Å². The first-order valence-corrected chi connectivity index (χ1v) is 8.11. The van der Waals surface area contributed by atoms with Crippen molar-refractivity contribution in [2.24, 2.45) is 11.8 Å². The number of para-hydroxylation sites is 1. The summed E-state index contributed by atoms with van der Waals surface area (Å²) in [5, 5.41) is 0. The summed E-state index contributed by atoms with van der Waals surface area (Å²) in [5.41, 5.74) is 0.541. The van der Waals surface area contributed by atoms with Crippen LogP contribution < -0.4 is 9.47 Å².